The molecule has 0 aliphatic heterocycles. The maximum Gasteiger partial charge on any atom is 0.345 e. The Labute approximate surface area is 167 Å². The Morgan fingerprint density at radius 3 is 2.41 bits per heavy atom. The zero-order valence-corrected chi connectivity index (χ0v) is 15.3. The van der Waals surface area contributed by atoms with E-state index in [0.29, 0.717) is 0 Å². The summed E-state index contributed by atoms with van der Waals surface area (Å²) >= 11 is 1.07. The zero-order chi connectivity index (χ0) is 20.8. The topological polar surface area (TPSA) is 153 Å². The molecule has 0 unspecified atom stereocenters. The molecule has 146 valence electrons. The van der Waals surface area contributed by atoms with Crippen LogP contribution in [0, 0.1) is 20.2 Å². The van der Waals surface area contributed by atoms with Gasteiger partial charge >= 0.3 is 5.69 Å². The number of nitrogens with zero attached hydrogens (tertiary/aromatic N) is 4. The first-order valence-electron chi connectivity index (χ1n) is 7.99. The van der Waals surface area contributed by atoms with Crippen LogP contribution in [0.3, 0.4) is 0 Å². The number of nitro benzene ring substituents is 1. The summed E-state index contributed by atoms with van der Waals surface area (Å²) in [5.41, 5.74) is 3.97. The number of hydrogen-bond donors (Lipinski definition) is 2. The average Bonchev–Trinajstić information content (AvgIpc) is 2.72. The molecule has 0 bridgehead atoms. The summed E-state index contributed by atoms with van der Waals surface area (Å²) in [6.45, 7) is 0. The molecule has 29 heavy (non-hydrogen) atoms. The maximum absolute atomic E-state index is 12.2. The molecule has 3 aromatic rings. The Bertz CT molecular complexity index is 1080. The monoisotopic (exact) mass is 412 g/mol. The molecule has 12 heteroatoms. The van der Waals surface area contributed by atoms with Crippen LogP contribution in [0.1, 0.15) is 10.4 Å². The smallest absolute Gasteiger partial charge is 0.276 e. The molecular formula is C17H12N6O5S. The lowest BCUT2D eigenvalue weighted by Crippen LogP contribution is -2.30. The zero-order valence-electron chi connectivity index (χ0n) is 14.5. The van der Waals surface area contributed by atoms with Crippen LogP contribution in [0.2, 0.25) is 0 Å². The van der Waals surface area contributed by atoms with Crippen LogP contribution in [0.15, 0.2) is 70.8 Å². The third-order valence-electron chi connectivity index (χ3n) is 3.54. The van der Waals surface area contributed by atoms with Gasteiger partial charge in [0.15, 0.2) is 5.03 Å². The van der Waals surface area contributed by atoms with Gasteiger partial charge in [0, 0.05) is 22.6 Å². The quantitative estimate of drug-likeness (QED) is 0.338. The summed E-state index contributed by atoms with van der Waals surface area (Å²) in [5.74, 6) is -0.943. The highest BCUT2D eigenvalue weighted by molar-refractivity contribution is 7.99. The number of hydrazine groups is 1. The van der Waals surface area contributed by atoms with Gasteiger partial charge in [-0.15, -0.1) is 0 Å². The standard InChI is InChI=1S/C17H12N6O5S/c24-16(11-5-4-6-12(9-11)22(25)26)21-20-15-14(23(27)28)17(19-10-18-15)29-13-7-2-1-3-8-13/h1-10H,(H,21,24)(H,18,19,20). The molecule has 11 nitrogen and oxygen atoms in total. The van der Waals surface area contributed by atoms with Crippen molar-refractivity contribution < 1.29 is 14.6 Å². The lowest BCUT2D eigenvalue weighted by Gasteiger charge is -2.09. The molecule has 0 atom stereocenters. The minimum Gasteiger partial charge on any atom is -0.276 e. The number of non-ortho nitro benzene ring substituents is 1. The Morgan fingerprint density at radius 1 is 0.966 bits per heavy atom. The summed E-state index contributed by atoms with van der Waals surface area (Å²) in [5, 5.41) is 22.5. The normalized spacial score (nSPS) is 10.2. The lowest BCUT2D eigenvalue weighted by atomic mass is 10.2. The summed E-state index contributed by atoms with van der Waals surface area (Å²) in [6.07, 6.45) is 1.13. The van der Waals surface area contributed by atoms with Gasteiger partial charge < -0.3 is 0 Å². The van der Waals surface area contributed by atoms with Gasteiger partial charge in [-0.3, -0.25) is 35.9 Å². The fourth-order valence-electron chi connectivity index (χ4n) is 2.24. The fourth-order valence-corrected chi connectivity index (χ4v) is 3.13. The predicted molar refractivity (Wildman–Crippen MR) is 103 cm³/mol. The molecule has 0 radical (unpaired) electrons. The van der Waals surface area contributed by atoms with Crippen LogP contribution in [-0.2, 0) is 0 Å². The van der Waals surface area contributed by atoms with E-state index in [1.165, 1.54) is 18.2 Å². The molecule has 0 aliphatic carbocycles. The number of anilines is 1. The number of nitro groups is 2. The molecule has 1 aromatic heterocycles. The van der Waals surface area contributed by atoms with Gasteiger partial charge in [-0.05, 0) is 18.2 Å². The minimum atomic E-state index is -0.723. The Kier molecular flexibility index (Phi) is 5.94. The molecule has 2 N–H and O–H groups in total. The second-order valence-electron chi connectivity index (χ2n) is 5.43. The van der Waals surface area contributed by atoms with Crippen LogP contribution >= 0.6 is 11.8 Å². The van der Waals surface area contributed by atoms with E-state index in [2.05, 4.69) is 20.8 Å². The minimum absolute atomic E-state index is 0.00212. The van der Waals surface area contributed by atoms with Crippen molar-refractivity contribution in [1.82, 2.24) is 15.4 Å². The summed E-state index contributed by atoms with van der Waals surface area (Å²) in [6, 6.07) is 14.0. The largest absolute Gasteiger partial charge is 0.345 e. The van der Waals surface area contributed by atoms with Crippen molar-refractivity contribution in [2.75, 3.05) is 5.43 Å². The molecular weight excluding hydrogens is 400 g/mol. The van der Waals surface area contributed by atoms with Gasteiger partial charge in [0.1, 0.15) is 6.33 Å². The van der Waals surface area contributed by atoms with E-state index in [9.17, 15) is 25.0 Å². The van der Waals surface area contributed by atoms with E-state index >= 15 is 0 Å². The molecule has 1 amide bonds. The molecule has 0 saturated heterocycles. The van der Waals surface area contributed by atoms with Crippen molar-refractivity contribution in [3.8, 4) is 0 Å². The van der Waals surface area contributed by atoms with Gasteiger partial charge in [-0.1, -0.05) is 36.0 Å². The molecule has 3 rings (SSSR count). The van der Waals surface area contributed by atoms with E-state index in [1.54, 1.807) is 24.3 Å². The SMILES string of the molecule is O=C(NNc1ncnc(Sc2ccccc2)c1[N+](=O)[O-])c1cccc([N+](=O)[O-])c1. The molecule has 0 spiro atoms. The number of carbonyl (C=O) groups excluding carboxylic acids is 1. The second kappa shape index (κ2) is 8.75. The van der Waals surface area contributed by atoms with Gasteiger partial charge in [0.2, 0.25) is 5.82 Å². The predicted octanol–water partition coefficient (Wildman–Crippen LogP) is 3.20. The number of aromatic nitrogens is 2. The van der Waals surface area contributed by atoms with Crippen LogP contribution in [0.5, 0.6) is 0 Å². The molecule has 0 fully saturated rings. The summed E-state index contributed by atoms with van der Waals surface area (Å²) in [7, 11) is 0. The third-order valence-corrected chi connectivity index (χ3v) is 4.54. The Hall–Kier alpha value is -4.06. The summed E-state index contributed by atoms with van der Waals surface area (Å²) in [4.78, 5) is 41.8. The highest BCUT2D eigenvalue weighted by Crippen LogP contribution is 2.36. The molecule has 0 saturated carbocycles. The average molecular weight is 412 g/mol. The van der Waals surface area contributed by atoms with Crippen molar-refractivity contribution in [3.63, 3.8) is 0 Å². The van der Waals surface area contributed by atoms with Crippen LogP contribution in [-0.4, -0.2) is 25.7 Å². The van der Waals surface area contributed by atoms with Crippen molar-refractivity contribution in [3.05, 3.63) is 86.7 Å². The van der Waals surface area contributed by atoms with Crippen molar-refractivity contribution in [1.29, 1.82) is 0 Å². The van der Waals surface area contributed by atoms with Gasteiger partial charge in [0.25, 0.3) is 11.6 Å². The Morgan fingerprint density at radius 2 is 1.72 bits per heavy atom. The second-order valence-corrected chi connectivity index (χ2v) is 6.50. The van der Waals surface area contributed by atoms with Crippen molar-refractivity contribution in [2.45, 2.75) is 9.92 Å². The van der Waals surface area contributed by atoms with Crippen LogP contribution in [0.25, 0.3) is 0 Å². The first-order chi connectivity index (χ1) is 14.0. The number of carbonyl (C=O) groups is 1. The number of hydrogen-bond acceptors (Lipinski definition) is 9. The summed E-state index contributed by atoms with van der Waals surface area (Å²) < 4.78 is 0. The maximum atomic E-state index is 12.2. The number of nitrogens with one attached hydrogen (secondary N) is 2. The van der Waals surface area contributed by atoms with E-state index in [-0.39, 0.29) is 22.1 Å². The van der Waals surface area contributed by atoms with E-state index in [0.717, 1.165) is 29.1 Å². The Balaban J connectivity index is 1.81. The van der Waals surface area contributed by atoms with Crippen LogP contribution < -0.4 is 10.9 Å². The van der Waals surface area contributed by atoms with Crippen molar-refractivity contribution >= 4 is 34.9 Å². The van der Waals surface area contributed by atoms with Gasteiger partial charge in [0.05, 0.1) is 9.85 Å². The first-order valence-corrected chi connectivity index (χ1v) is 8.80. The number of benzene rings is 2. The number of amides is 1. The molecule has 1 heterocycles. The highest BCUT2D eigenvalue weighted by atomic mass is 32.2. The van der Waals surface area contributed by atoms with E-state index in [1.807, 2.05) is 6.07 Å². The van der Waals surface area contributed by atoms with E-state index < -0.39 is 21.4 Å². The van der Waals surface area contributed by atoms with Gasteiger partial charge in [-0.25, -0.2) is 9.97 Å². The molecule has 2 aromatic carbocycles. The highest BCUT2D eigenvalue weighted by Gasteiger charge is 2.24. The van der Waals surface area contributed by atoms with Crippen LogP contribution in [0.4, 0.5) is 17.2 Å². The third kappa shape index (κ3) is 4.81. The molecule has 0 aliphatic rings. The fraction of sp³-hybridized carbons (Fsp3) is 0. The van der Waals surface area contributed by atoms with E-state index in [4.69, 9.17) is 0 Å². The van der Waals surface area contributed by atoms with Crippen molar-refractivity contribution in [2.24, 2.45) is 0 Å². The van der Waals surface area contributed by atoms with Gasteiger partial charge in [-0.2, -0.15) is 0 Å². The number of rotatable bonds is 7. The first kappa shape index (κ1) is 19.7. The lowest BCUT2D eigenvalue weighted by molar-refractivity contribution is -0.387.